The molecule has 0 bridgehead atoms. The Balaban J connectivity index is 2.21. The molecule has 0 fully saturated rings. The Morgan fingerprint density at radius 1 is 0.778 bits per heavy atom. The van der Waals surface area contributed by atoms with Crippen molar-refractivity contribution in [1.82, 2.24) is 4.98 Å². The van der Waals surface area contributed by atoms with E-state index in [9.17, 15) is 0 Å². The van der Waals surface area contributed by atoms with Crippen LogP contribution in [0, 0.1) is 0 Å². The third-order valence-electron chi connectivity index (χ3n) is 2.61. The molecule has 2 aromatic carbocycles. The molecule has 1 heteroatoms. The van der Waals surface area contributed by atoms with Gasteiger partial charge in [-0.3, -0.25) is 4.98 Å². The van der Waals surface area contributed by atoms with Crippen LogP contribution in [0.25, 0.3) is 22.4 Å². The SMILES string of the molecule is [2H]c1c([2H])c([2H])c(-c2cccc(-c3ccccn3)c2)c([2H])c1[2H]. The summed E-state index contributed by atoms with van der Waals surface area (Å²) in [5.41, 5.74) is 2.37. The molecular formula is C17H13N. The molecule has 0 radical (unpaired) electrons. The average molecular weight is 236 g/mol. The van der Waals surface area contributed by atoms with Crippen molar-refractivity contribution in [2.45, 2.75) is 0 Å². The zero-order valence-corrected chi connectivity index (χ0v) is 9.57. The molecule has 1 heterocycles. The molecule has 0 unspecified atom stereocenters. The quantitative estimate of drug-likeness (QED) is 0.642. The van der Waals surface area contributed by atoms with E-state index in [4.69, 9.17) is 6.85 Å². The predicted molar refractivity (Wildman–Crippen MR) is 75.1 cm³/mol. The topological polar surface area (TPSA) is 12.9 Å². The van der Waals surface area contributed by atoms with E-state index in [-0.39, 0.29) is 35.8 Å². The molecule has 0 aliphatic carbocycles. The Hall–Kier alpha value is -2.41. The zero-order valence-electron chi connectivity index (χ0n) is 14.6. The molecule has 0 atom stereocenters. The van der Waals surface area contributed by atoms with Gasteiger partial charge in [0.05, 0.1) is 12.5 Å². The normalized spacial score (nSPS) is 14.1. The lowest BCUT2D eigenvalue weighted by atomic mass is 10.0. The van der Waals surface area contributed by atoms with Crippen LogP contribution in [0.3, 0.4) is 0 Å². The minimum Gasteiger partial charge on any atom is -0.256 e. The number of hydrogen-bond acceptors (Lipinski definition) is 1. The van der Waals surface area contributed by atoms with E-state index >= 15 is 0 Å². The Bertz CT molecular complexity index is 849. The van der Waals surface area contributed by atoms with Gasteiger partial charge in [-0.15, -0.1) is 0 Å². The molecule has 1 aromatic heterocycles. The van der Waals surface area contributed by atoms with Crippen molar-refractivity contribution in [3.8, 4) is 22.4 Å². The van der Waals surface area contributed by atoms with Crippen molar-refractivity contribution in [3.05, 3.63) is 78.9 Å². The van der Waals surface area contributed by atoms with Crippen molar-refractivity contribution in [1.29, 1.82) is 0 Å². The fourth-order valence-corrected chi connectivity index (χ4v) is 1.76. The van der Waals surface area contributed by atoms with Crippen LogP contribution in [0.4, 0.5) is 0 Å². The maximum absolute atomic E-state index is 8.06. The zero-order chi connectivity index (χ0) is 16.6. The Morgan fingerprint density at radius 2 is 1.61 bits per heavy atom. The summed E-state index contributed by atoms with van der Waals surface area (Å²) >= 11 is 0. The molecule has 0 saturated carbocycles. The summed E-state index contributed by atoms with van der Waals surface area (Å²) in [5.74, 6) is 0. The molecule has 0 aliphatic heterocycles. The second kappa shape index (κ2) is 4.84. The molecule has 0 aliphatic rings. The van der Waals surface area contributed by atoms with E-state index in [0.717, 1.165) is 11.3 Å². The van der Waals surface area contributed by atoms with Crippen molar-refractivity contribution < 1.29 is 6.85 Å². The summed E-state index contributed by atoms with van der Waals surface area (Å²) < 4.78 is 39.4. The summed E-state index contributed by atoms with van der Waals surface area (Å²) in [5, 5.41) is 0. The highest BCUT2D eigenvalue weighted by Crippen LogP contribution is 2.24. The number of rotatable bonds is 2. The van der Waals surface area contributed by atoms with Crippen molar-refractivity contribution >= 4 is 0 Å². The number of nitrogens with zero attached hydrogens (tertiary/aromatic N) is 1. The van der Waals surface area contributed by atoms with Gasteiger partial charge in [-0.25, -0.2) is 0 Å². The summed E-state index contributed by atoms with van der Waals surface area (Å²) in [4.78, 5) is 4.28. The van der Waals surface area contributed by atoms with Crippen molar-refractivity contribution in [2.75, 3.05) is 0 Å². The Morgan fingerprint density at radius 3 is 2.39 bits per heavy atom. The number of benzene rings is 2. The minimum absolute atomic E-state index is 0.200. The van der Waals surface area contributed by atoms with Crippen LogP contribution in [0.1, 0.15) is 6.85 Å². The Labute approximate surface area is 114 Å². The molecular weight excluding hydrogens is 218 g/mol. The van der Waals surface area contributed by atoms with E-state index < -0.39 is 0 Å². The lowest BCUT2D eigenvalue weighted by Gasteiger charge is -2.05. The smallest absolute Gasteiger partial charge is 0.0702 e. The molecule has 3 aromatic rings. The van der Waals surface area contributed by atoms with Crippen molar-refractivity contribution in [2.24, 2.45) is 0 Å². The van der Waals surface area contributed by atoms with Gasteiger partial charge in [0.1, 0.15) is 0 Å². The standard InChI is InChI=1S/C17H13N/c1-2-7-14(8-3-1)15-9-6-10-16(13-15)17-11-4-5-12-18-17/h1-13H/i1D,2D,3D,7D,8D. The van der Waals surface area contributed by atoms with Gasteiger partial charge < -0.3 is 0 Å². The number of pyridine rings is 1. The van der Waals surface area contributed by atoms with Crippen LogP contribution in [0.2, 0.25) is 0 Å². The van der Waals surface area contributed by atoms with Crippen LogP contribution < -0.4 is 0 Å². The largest absolute Gasteiger partial charge is 0.256 e. The van der Waals surface area contributed by atoms with Gasteiger partial charge in [-0.05, 0) is 29.3 Å². The van der Waals surface area contributed by atoms with Gasteiger partial charge in [0.2, 0.25) is 0 Å². The molecule has 0 amide bonds. The van der Waals surface area contributed by atoms with Gasteiger partial charge in [0.25, 0.3) is 0 Å². The van der Waals surface area contributed by atoms with E-state index in [1.165, 1.54) is 0 Å². The van der Waals surface area contributed by atoms with E-state index in [2.05, 4.69) is 4.98 Å². The molecule has 1 nitrogen and oxygen atoms in total. The molecule has 86 valence electrons. The monoisotopic (exact) mass is 236 g/mol. The fourth-order valence-electron chi connectivity index (χ4n) is 1.76. The van der Waals surface area contributed by atoms with Gasteiger partial charge in [0.15, 0.2) is 0 Å². The predicted octanol–water partition coefficient (Wildman–Crippen LogP) is 4.42. The summed E-state index contributed by atoms with van der Waals surface area (Å²) in [7, 11) is 0. The lowest BCUT2D eigenvalue weighted by Crippen LogP contribution is -1.83. The van der Waals surface area contributed by atoms with Gasteiger partial charge in [-0.1, -0.05) is 54.5 Å². The summed E-state index contributed by atoms with van der Waals surface area (Å²) in [6.45, 7) is 0. The minimum atomic E-state index is -0.385. The van der Waals surface area contributed by atoms with Crippen LogP contribution in [-0.2, 0) is 0 Å². The second-order valence-electron chi connectivity index (χ2n) is 3.80. The molecule has 0 saturated heterocycles. The average Bonchev–Trinajstić information content (AvgIpc) is 2.59. The van der Waals surface area contributed by atoms with Crippen LogP contribution in [0.15, 0.2) is 78.9 Å². The first-order valence-corrected chi connectivity index (χ1v) is 5.59. The van der Waals surface area contributed by atoms with Crippen LogP contribution in [0.5, 0.6) is 0 Å². The maximum Gasteiger partial charge on any atom is 0.0702 e. The van der Waals surface area contributed by atoms with E-state index in [1.54, 1.807) is 24.4 Å². The highest BCUT2D eigenvalue weighted by atomic mass is 14.7. The fraction of sp³-hybridized carbons (Fsp3) is 0. The van der Waals surface area contributed by atoms with Gasteiger partial charge in [0, 0.05) is 11.8 Å². The third-order valence-corrected chi connectivity index (χ3v) is 2.61. The highest BCUT2D eigenvalue weighted by molar-refractivity contribution is 5.71. The lowest BCUT2D eigenvalue weighted by molar-refractivity contribution is 1.33. The van der Waals surface area contributed by atoms with Gasteiger partial charge in [-0.2, -0.15) is 0 Å². The molecule has 3 rings (SSSR count). The molecule has 0 N–H and O–H groups in total. The molecule has 18 heavy (non-hydrogen) atoms. The first-order chi connectivity index (χ1) is 11.0. The number of aromatic nitrogens is 1. The van der Waals surface area contributed by atoms with E-state index in [0.29, 0.717) is 5.56 Å². The third kappa shape index (κ3) is 2.16. The van der Waals surface area contributed by atoms with Crippen molar-refractivity contribution in [3.63, 3.8) is 0 Å². The Kier molecular flexibility index (Phi) is 1.75. The first-order valence-electron chi connectivity index (χ1n) is 8.09. The second-order valence-corrected chi connectivity index (χ2v) is 3.80. The molecule has 0 spiro atoms. The summed E-state index contributed by atoms with van der Waals surface area (Å²) in [6.07, 6.45) is 1.69. The van der Waals surface area contributed by atoms with E-state index in [1.807, 2.05) is 24.3 Å². The summed E-state index contributed by atoms with van der Waals surface area (Å²) in [6, 6.07) is 11.3. The first kappa shape index (κ1) is 6.50. The maximum atomic E-state index is 8.06. The number of hydrogen-bond donors (Lipinski definition) is 0. The van der Waals surface area contributed by atoms with Crippen LogP contribution in [-0.4, -0.2) is 4.98 Å². The van der Waals surface area contributed by atoms with Gasteiger partial charge >= 0.3 is 0 Å². The van der Waals surface area contributed by atoms with Crippen LogP contribution >= 0.6 is 0 Å². The highest BCUT2D eigenvalue weighted by Gasteiger charge is 2.01.